The Morgan fingerprint density at radius 3 is 2.52 bits per heavy atom. The first-order valence-corrected chi connectivity index (χ1v) is 14.3. The van der Waals surface area contributed by atoms with Gasteiger partial charge < -0.3 is 20.1 Å². The Morgan fingerprint density at radius 2 is 1.79 bits per heavy atom. The van der Waals surface area contributed by atoms with Crippen molar-refractivity contribution in [2.45, 2.75) is 63.9 Å². The zero-order chi connectivity index (χ0) is 28.8. The number of pyridine rings is 2. The van der Waals surface area contributed by atoms with E-state index in [1.165, 1.54) is 0 Å². The number of aliphatic hydroxyl groups is 2. The first-order chi connectivity index (χ1) is 20.4. The Morgan fingerprint density at radius 1 is 1.07 bits per heavy atom. The molecule has 7 rings (SSSR count). The number of benzene rings is 1. The van der Waals surface area contributed by atoms with Gasteiger partial charge >= 0.3 is 6.03 Å². The van der Waals surface area contributed by atoms with Crippen LogP contribution < -0.4 is 5.32 Å². The number of aromatic nitrogens is 5. The van der Waals surface area contributed by atoms with Crippen molar-refractivity contribution < 1.29 is 15.0 Å². The highest BCUT2D eigenvalue weighted by Crippen LogP contribution is 2.37. The molecule has 2 aliphatic rings. The molecule has 5 heterocycles. The molecule has 42 heavy (non-hydrogen) atoms. The summed E-state index contributed by atoms with van der Waals surface area (Å²) < 4.78 is 2.00. The Kier molecular flexibility index (Phi) is 6.52. The average molecular weight is 564 g/mol. The molecule has 0 spiro atoms. The van der Waals surface area contributed by atoms with Gasteiger partial charge in [-0.05, 0) is 73.1 Å². The van der Waals surface area contributed by atoms with Crippen LogP contribution in [0.2, 0.25) is 0 Å². The van der Waals surface area contributed by atoms with Crippen molar-refractivity contribution in [3.63, 3.8) is 0 Å². The summed E-state index contributed by atoms with van der Waals surface area (Å²) in [6, 6.07) is 13.8. The molecule has 0 unspecified atom stereocenters. The van der Waals surface area contributed by atoms with Gasteiger partial charge in [0.2, 0.25) is 0 Å². The number of rotatable bonds is 5. The van der Waals surface area contributed by atoms with Crippen molar-refractivity contribution in [2.75, 3.05) is 5.32 Å². The van der Waals surface area contributed by atoms with Crippen LogP contribution in [0.4, 0.5) is 10.6 Å². The topological polar surface area (TPSA) is 132 Å². The number of nitrogens with zero attached hydrogens (tertiary/aromatic N) is 5. The maximum absolute atomic E-state index is 13.2. The van der Waals surface area contributed by atoms with Crippen molar-refractivity contribution in [3.8, 4) is 22.4 Å². The maximum Gasteiger partial charge on any atom is 0.323 e. The first kappa shape index (κ1) is 26.4. The quantitative estimate of drug-likeness (QED) is 0.227. The van der Waals surface area contributed by atoms with Crippen LogP contribution in [0.1, 0.15) is 55.3 Å². The maximum atomic E-state index is 13.2. The number of carbonyl (C=O) groups is 1. The molecule has 214 valence electrons. The van der Waals surface area contributed by atoms with Crippen LogP contribution >= 0.6 is 0 Å². The largest absolute Gasteiger partial charge is 0.392 e. The molecule has 5 aromatic rings. The summed E-state index contributed by atoms with van der Waals surface area (Å²) in [5.74, 6) is 0.337. The highest BCUT2D eigenvalue weighted by atomic mass is 16.3. The fourth-order valence-electron chi connectivity index (χ4n) is 6.25. The lowest BCUT2D eigenvalue weighted by atomic mass is 9.84. The SMILES string of the molecule is CC1(O)CCC(n2cc(-c3cc4c(-c5ccnc(NC(=O)N6Cc7ccccc7C6)c5CO)ccnc4[nH]3)cn2)CC1. The van der Waals surface area contributed by atoms with E-state index in [0.29, 0.717) is 30.1 Å². The van der Waals surface area contributed by atoms with Gasteiger partial charge in [0, 0.05) is 48.2 Å². The molecule has 0 radical (unpaired) electrons. The molecule has 2 amide bonds. The molecule has 1 aromatic carbocycles. The average Bonchev–Trinajstić information content (AvgIpc) is 3.75. The fourth-order valence-corrected chi connectivity index (χ4v) is 6.25. The van der Waals surface area contributed by atoms with Crippen LogP contribution in [0.5, 0.6) is 0 Å². The number of anilines is 1. The summed E-state index contributed by atoms with van der Waals surface area (Å²) in [4.78, 5) is 27.3. The van der Waals surface area contributed by atoms with E-state index in [4.69, 9.17) is 0 Å². The van der Waals surface area contributed by atoms with Gasteiger partial charge in [-0.15, -0.1) is 0 Å². The standard InChI is InChI=1S/C32H33N7O3/c1-32(42)10-6-23(7-11-32)39-18-22(15-35-39)28-14-26-24(8-12-33-29(26)36-28)25-9-13-34-30(27(25)19-40)37-31(41)38-16-20-4-2-3-5-21(20)17-38/h2-5,8-9,12-15,18,23,40,42H,6-7,10-11,16-17,19H2,1H3,(H,33,36)(H,34,37,41). The summed E-state index contributed by atoms with van der Waals surface area (Å²) in [5, 5.41) is 29.2. The number of H-pyrrole nitrogens is 1. The molecular weight excluding hydrogens is 530 g/mol. The highest BCUT2D eigenvalue weighted by molar-refractivity contribution is 5.98. The number of aromatic amines is 1. The second-order valence-electron chi connectivity index (χ2n) is 11.6. The van der Waals surface area contributed by atoms with Crippen molar-refractivity contribution >= 4 is 22.9 Å². The molecule has 1 aliphatic heterocycles. The van der Waals surface area contributed by atoms with E-state index in [2.05, 4.69) is 25.4 Å². The molecule has 4 aromatic heterocycles. The molecule has 1 fully saturated rings. The zero-order valence-corrected chi connectivity index (χ0v) is 23.4. The van der Waals surface area contributed by atoms with Gasteiger partial charge in [0.15, 0.2) is 0 Å². The van der Waals surface area contributed by atoms with Crippen LogP contribution in [-0.2, 0) is 19.7 Å². The highest BCUT2D eigenvalue weighted by Gasteiger charge is 2.30. The zero-order valence-electron chi connectivity index (χ0n) is 23.4. The number of nitrogens with one attached hydrogen (secondary N) is 2. The Balaban J connectivity index is 1.16. The Labute approximate surface area is 243 Å². The predicted molar refractivity (Wildman–Crippen MR) is 159 cm³/mol. The van der Waals surface area contributed by atoms with Crippen LogP contribution in [0.15, 0.2) is 67.3 Å². The van der Waals surface area contributed by atoms with Crippen molar-refractivity contribution in [3.05, 3.63) is 83.9 Å². The van der Waals surface area contributed by atoms with Crippen molar-refractivity contribution in [2.24, 2.45) is 0 Å². The fraction of sp³-hybridized carbons (Fsp3) is 0.312. The second kappa shape index (κ2) is 10.4. The van der Waals surface area contributed by atoms with Gasteiger partial charge in [-0.25, -0.2) is 14.8 Å². The normalized spacial score (nSPS) is 20.2. The van der Waals surface area contributed by atoms with Crippen LogP contribution in [0, 0.1) is 0 Å². The van der Waals surface area contributed by atoms with Crippen molar-refractivity contribution in [1.82, 2.24) is 29.6 Å². The number of hydrogen-bond donors (Lipinski definition) is 4. The van der Waals surface area contributed by atoms with Gasteiger partial charge in [0.05, 0.1) is 30.1 Å². The van der Waals surface area contributed by atoms with E-state index >= 15 is 0 Å². The van der Waals surface area contributed by atoms with E-state index in [-0.39, 0.29) is 18.7 Å². The van der Waals surface area contributed by atoms with E-state index in [1.807, 2.05) is 66.5 Å². The molecule has 4 N–H and O–H groups in total. The summed E-state index contributed by atoms with van der Waals surface area (Å²) in [7, 11) is 0. The molecule has 0 bridgehead atoms. The number of amides is 2. The third kappa shape index (κ3) is 4.82. The van der Waals surface area contributed by atoms with Gasteiger partial charge in [-0.2, -0.15) is 5.10 Å². The summed E-state index contributed by atoms with van der Waals surface area (Å²) in [5.41, 5.74) is 6.43. The van der Waals surface area contributed by atoms with Gasteiger partial charge in [0.1, 0.15) is 11.5 Å². The number of urea groups is 1. The lowest BCUT2D eigenvalue weighted by molar-refractivity contribution is 0.00851. The number of carbonyl (C=O) groups excluding carboxylic acids is 1. The molecule has 0 saturated heterocycles. The lowest BCUT2D eigenvalue weighted by Gasteiger charge is -2.33. The molecule has 10 heteroatoms. The third-order valence-electron chi connectivity index (χ3n) is 8.71. The van der Waals surface area contributed by atoms with Crippen LogP contribution in [0.3, 0.4) is 0 Å². The lowest BCUT2D eigenvalue weighted by Crippen LogP contribution is -2.31. The van der Waals surface area contributed by atoms with Crippen molar-refractivity contribution in [1.29, 1.82) is 0 Å². The minimum Gasteiger partial charge on any atom is -0.392 e. The second-order valence-corrected chi connectivity index (χ2v) is 11.6. The van der Waals surface area contributed by atoms with E-state index in [1.54, 1.807) is 17.3 Å². The third-order valence-corrected chi connectivity index (χ3v) is 8.71. The minimum absolute atomic E-state index is 0.257. The summed E-state index contributed by atoms with van der Waals surface area (Å²) in [6.07, 6.45) is 10.6. The van der Waals surface area contributed by atoms with Crippen LogP contribution in [-0.4, -0.2) is 51.5 Å². The summed E-state index contributed by atoms with van der Waals surface area (Å²) >= 11 is 0. The van der Waals surface area contributed by atoms with Crippen LogP contribution in [0.25, 0.3) is 33.4 Å². The minimum atomic E-state index is -0.588. The molecule has 1 saturated carbocycles. The number of aliphatic hydroxyl groups excluding tert-OH is 1. The van der Waals surface area contributed by atoms with E-state index in [0.717, 1.165) is 64.6 Å². The molecule has 0 atom stereocenters. The van der Waals surface area contributed by atoms with E-state index in [9.17, 15) is 15.0 Å². The smallest absolute Gasteiger partial charge is 0.323 e. The number of hydrogen-bond acceptors (Lipinski definition) is 6. The molecule has 10 nitrogen and oxygen atoms in total. The predicted octanol–water partition coefficient (Wildman–Crippen LogP) is 5.39. The van der Waals surface area contributed by atoms with Gasteiger partial charge in [-0.3, -0.25) is 10.00 Å². The van der Waals surface area contributed by atoms with Gasteiger partial charge in [0.25, 0.3) is 0 Å². The monoisotopic (exact) mass is 563 g/mol. The Hall–Kier alpha value is -4.54. The van der Waals surface area contributed by atoms with Gasteiger partial charge in [-0.1, -0.05) is 24.3 Å². The number of fused-ring (bicyclic) bond motifs is 2. The molecule has 1 aliphatic carbocycles. The van der Waals surface area contributed by atoms with E-state index < -0.39 is 5.60 Å². The Bertz CT molecular complexity index is 1760. The first-order valence-electron chi connectivity index (χ1n) is 14.3. The summed E-state index contributed by atoms with van der Waals surface area (Å²) in [6.45, 7) is 2.68. The molecular formula is C32H33N7O3.